The molecule has 0 bridgehead atoms. The largest absolute Gasteiger partial charge is 0.416 e. The highest BCUT2D eigenvalue weighted by Crippen LogP contribution is 2.31. The molecule has 1 saturated heterocycles. The van der Waals surface area contributed by atoms with Crippen LogP contribution in [0.15, 0.2) is 24.3 Å². The molecule has 1 fully saturated rings. The summed E-state index contributed by atoms with van der Waals surface area (Å²) < 4.78 is 38.4. The van der Waals surface area contributed by atoms with Gasteiger partial charge in [0.15, 0.2) is 0 Å². The summed E-state index contributed by atoms with van der Waals surface area (Å²) in [6.07, 6.45) is -3.24. The molecule has 1 aromatic heterocycles. The highest BCUT2D eigenvalue weighted by molar-refractivity contribution is 5.99. The number of aldehydes is 1. The number of fused-ring (bicyclic) bond motifs is 1. The number of halogens is 3. The van der Waals surface area contributed by atoms with E-state index in [2.05, 4.69) is 20.9 Å². The fourth-order valence-corrected chi connectivity index (χ4v) is 3.26. The molecule has 30 heavy (non-hydrogen) atoms. The monoisotopic (exact) mass is 424 g/mol. The summed E-state index contributed by atoms with van der Waals surface area (Å²) in [6.45, 7) is 0.0806. The number of aromatic amines is 1. The summed E-state index contributed by atoms with van der Waals surface area (Å²) in [5, 5.41) is 7.82. The van der Waals surface area contributed by atoms with E-state index in [0.29, 0.717) is 24.6 Å². The van der Waals surface area contributed by atoms with Gasteiger partial charge in [-0.15, -0.1) is 0 Å². The average molecular weight is 424 g/mol. The lowest BCUT2D eigenvalue weighted by molar-refractivity contribution is -0.137. The molecule has 3 amide bonds. The van der Waals surface area contributed by atoms with Crippen LogP contribution in [-0.2, 0) is 20.6 Å². The second kappa shape index (κ2) is 8.56. The van der Waals surface area contributed by atoms with Crippen molar-refractivity contribution < 1.29 is 32.3 Å². The minimum Gasteiger partial charge on any atom is -0.356 e. The predicted molar refractivity (Wildman–Crippen MR) is 99.4 cm³/mol. The zero-order valence-corrected chi connectivity index (χ0v) is 15.6. The number of nitrogens with one attached hydrogen (secondary N) is 4. The summed E-state index contributed by atoms with van der Waals surface area (Å²) in [5.74, 6) is -1.85. The van der Waals surface area contributed by atoms with E-state index in [4.69, 9.17) is 0 Å². The molecule has 3 rings (SSSR count). The summed E-state index contributed by atoms with van der Waals surface area (Å²) >= 11 is 0. The Morgan fingerprint density at radius 3 is 2.67 bits per heavy atom. The molecule has 160 valence electrons. The number of alkyl halides is 3. The van der Waals surface area contributed by atoms with Crippen molar-refractivity contribution in [1.29, 1.82) is 0 Å². The van der Waals surface area contributed by atoms with Gasteiger partial charge in [0.2, 0.25) is 11.8 Å². The molecule has 2 atom stereocenters. The molecule has 0 aliphatic carbocycles. The van der Waals surface area contributed by atoms with E-state index in [0.717, 1.165) is 12.1 Å². The SMILES string of the molecule is O=CC(CC1CCNC1=O)NC(=O)CNC(=O)c1cc2ccc(C(F)(F)F)cc2[nH]1. The predicted octanol–water partition coefficient (Wildman–Crippen LogP) is 1.13. The number of rotatable bonds is 7. The maximum absolute atomic E-state index is 12.8. The Kier molecular flexibility index (Phi) is 6.09. The summed E-state index contributed by atoms with van der Waals surface area (Å²) in [7, 11) is 0. The molecule has 1 aliphatic heterocycles. The molecule has 2 aromatic rings. The van der Waals surface area contributed by atoms with Gasteiger partial charge in [-0.2, -0.15) is 13.2 Å². The first-order valence-electron chi connectivity index (χ1n) is 9.18. The van der Waals surface area contributed by atoms with Crippen LogP contribution in [0.1, 0.15) is 28.9 Å². The van der Waals surface area contributed by atoms with Crippen LogP contribution >= 0.6 is 0 Å². The number of hydrogen-bond acceptors (Lipinski definition) is 4. The molecule has 0 spiro atoms. The van der Waals surface area contributed by atoms with Crippen molar-refractivity contribution in [2.24, 2.45) is 5.92 Å². The number of carbonyl (C=O) groups excluding carboxylic acids is 4. The first kappa shape index (κ1) is 21.3. The Labute approximate surface area is 168 Å². The van der Waals surface area contributed by atoms with E-state index >= 15 is 0 Å². The quantitative estimate of drug-likeness (QED) is 0.498. The smallest absolute Gasteiger partial charge is 0.356 e. The lowest BCUT2D eigenvalue weighted by Gasteiger charge is -2.15. The van der Waals surface area contributed by atoms with Gasteiger partial charge in [0, 0.05) is 23.4 Å². The normalized spacial score (nSPS) is 17.4. The van der Waals surface area contributed by atoms with Gasteiger partial charge in [0.1, 0.15) is 12.0 Å². The van der Waals surface area contributed by atoms with Crippen LogP contribution in [-0.4, -0.2) is 48.1 Å². The van der Waals surface area contributed by atoms with Crippen LogP contribution in [0.25, 0.3) is 10.9 Å². The molecular formula is C19H19F3N4O4. The van der Waals surface area contributed by atoms with Gasteiger partial charge in [-0.3, -0.25) is 14.4 Å². The van der Waals surface area contributed by atoms with Crippen molar-refractivity contribution in [3.8, 4) is 0 Å². The molecular weight excluding hydrogens is 405 g/mol. The van der Waals surface area contributed by atoms with Gasteiger partial charge in [-0.1, -0.05) is 6.07 Å². The first-order chi connectivity index (χ1) is 14.2. The highest BCUT2D eigenvalue weighted by Gasteiger charge is 2.31. The fourth-order valence-electron chi connectivity index (χ4n) is 3.26. The maximum atomic E-state index is 12.8. The molecule has 1 aliphatic rings. The van der Waals surface area contributed by atoms with Crippen molar-refractivity contribution in [2.75, 3.05) is 13.1 Å². The zero-order chi connectivity index (χ0) is 21.9. The van der Waals surface area contributed by atoms with Crippen LogP contribution in [0.5, 0.6) is 0 Å². The Balaban J connectivity index is 1.56. The molecule has 1 aromatic carbocycles. The Hall–Kier alpha value is -3.37. The molecule has 4 N–H and O–H groups in total. The minimum atomic E-state index is -4.51. The van der Waals surface area contributed by atoms with Gasteiger partial charge in [-0.25, -0.2) is 0 Å². The van der Waals surface area contributed by atoms with Crippen molar-refractivity contribution >= 4 is 34.9 Å². The Morgan fingerprint density at radius 1 is 1.27 bits per heavy atom. The minimum absolute atomic E-state index is 0.00770. The Morgan fingerprint density at radius 2 is 2.03 bits per heavy atom. The van der Waals surface area contributed by atoms with Crippen LogP contribution < -0.4 is 16.0 Å². The summed E-state index contributed by atoms with van der Waals surface area (Å²) in [4.78, 5) is 49.6. The van der Waals surface area contributed by atoms with E-state index < -0.39 is 36.1 Å². The van der Waals surface area contributed by atoms with Gasteiger partial charge in [0.25, 0.3) is 5.91 Å². The first-order valence-corrected chi connectivity index (χ1v) is 9.18. The van der Waals surface area contributed by atoms with Gasteiger partial charge in [0.05, 0.1) is 18.2 Å². The zero-order valence-electron chi connectivity index (χ0n) is 15.6. The topological polar surface area (TPSA) is 120 Å². The molecule has 2 heterocycles. The number of amides is 3. The van der Waals surface area contributed by atoms with Gasteiger partial charge in [-0.05, 0) is 31.0 Å². The van der Waals surface area contributed by atoms with E-state index in [1.165, 1.54) is 12.1 Å². The Bertz CT molecular complexity index is 986. The van der Waals surface area contributed by atoms with Crippen LogP contribution in [0.2, 0.25) is 0 Å². The molecule has 11 heteroatoms. The van der Waals surface area contributed by atoms with Crippen LogP contribution in [0, 0.1) is 5.92 Å². The third-order valence-corrected chi connectivity index (χ3v) is 4.82. The third-order valence-electron chi connectivity index (χ3n) is 4.82. The van der Waals surface area contributed by atoms with Crippen LogP contribution in [0.3, 0.4) is 0 Å². The summed E-state index contributed by atoms with van der Waals surface area (Å²) in [6, 6.07) is 3.56. The average Bonchev–Trinajstić information content (AvgIpc) is 3.30. The van der Waals surface area contributed by atoms with Crippen LogP contribution in [0.4, 0.5) is 13.2 Å². The number of hydrogen-bond donors (Lipinski definition) is 4. The van der Waals surface area contributed by atoms with Gasteiger partial charge >= 0.3 is 6.18 Å². The maximum Gasteiger partial charge on any atom is 0.416 e. The van der Waals surface area contributed by atoms with Crippen molar-refractivity contribution in [3.63, 3.8) is 0 Å². The van der Waals surface area contributed by atoms with E-state index in [-0.39, 0.29) is 29.5 Å². The highest BCUT2D eigenvalue weighted by atomic mass is 19.4. The lowest BCUT2D eigenvalue weighted by atomic mass is 9.99. The fraction of sp³-hybridized carbons (Fsp3) is 0.368. The number of carbonyl (C=O) groups is 4. The number of aromatic nitrogens is 1. The third kappa shape index (κ3) is 4.97. The van der Waals surface area contributed by atoms with Crippen molar-refractivity contribution in [3.05, 3.63) is 35.5 Å². The van der Waals surface area contributed by atoms with Crippen molar-refractivity contribution in [2.45, 2.75) is 25.1 Å². The number of benzene rings is 1. The molecule has 2 unspecified atom stereocenters. The van der Waals surface area contributed by atoms with E-state index in [1.54, 1.807) is 0 Å². The molecule has 0 radical (unpaired) electrons. The molecule has 8 nitrogen and oxygen atoms in total. The van der Waals surface area contributed by atoms with Crippen molar-refractivity contribution in [1.82, 2.24) is 20.9 Å². The standard InChI is InChI=1S/C19H19F3N4O4/c20-19(21,22)12-2-1-10-6-15(26-14(10)7-12)18(30)24-8-16(28)25-13(9-27)5-11-3-4-23-17(11)29/h1-2,6-7,9,11,13,26H,3-5,8H2,(H,23,29)(H,24,30)(H,25,28). The van der Waals surface area contributed by atoms with E-state index in [9.17, 15) is 32.3 Å². The van der Waals surface area contributed by atoms with Gasteiger partial charge < -0.3 is 25.7 Å². The molecule has 0 saturated carbocycles. The van der Waals surface area contributed by atoms with E-state index in [1.807, 2.05) is 0 Å². The summed E-state index contributed by atoms with van der Waals surface area (Å²) in [5.41, 5.74) is -0.721. The number of H-pyrrole nitrogens is 1. The second-order valence-corrected chi connectivity index (χ2v) is 6.99. The second-order valence-electron chi connectivity index (χ2n) is 6.99. The lowest BCUT2D eigenvalue weighted by Crippen LogP contribution is -2.44.